The summed E-state index contributed by atoms with van der Waals surface area (Å²) in [7, 11) is 0.912. The number of ether oxygens (including phenoxy) is 1. The molecule has 6 nitrogen and oxygen atoms in total. The highest BCUT2D eigenvalue weighted by Crippen LogP contribution is 2.34. The fourth-order valence-electron chi connectivity index (χ4n) is 5.18. The van der Waals surface area contributed by atoms with Crippen LogP contribution in [0.5, 0.6) is 0 Å². The lowest BCUT2D eigenvalue weighted by molar-refractivity contribution is -0.138. The monoisotopic (exact) mass is 765 g/mol. The molecule has 4 aromatic carbocycles. The van der Waals surface area contributed by atoms with Crippen LogP contribution in [0.25, 0.3) is 22.0 Å². The van der Waals surface area contributed by atoms with Crippen LogP contribution < -0.4 is 5.43 Å². The first-order chi connectivity index (χ1) is 31.4. The van der Waals surface area contributed by atoms with Gasteiger partial charge in [0.1, 0.15) is 6.50 Å². The zero-order chi connectivity index (χ0) is 52.1. The van der Waals surface area contributed by atoms with Crippen molar-refractivity contribution in [1.29, 1.82) is 0 Å². The number of piperidine rings is 1. The summed E-state index contributed by atoms with van der Waals surface area (Å²) in [6.07, 6.45) is -13.6. The molecule has 0 N–H and O–H groups in total. The molecule has 1 aliphatic rings. The summed E-state index contributed by atoms with van der Waals surface area (Å²) in [5.74, 6) is -5.51. The van der Waals surface area contributed by atoms with Gasteiger partial charge in [0.05, 0.1) is 34.2 Å². The lowest BCUT2D eigenvalue weighted by atomic mass is 9.96. The third-order valence-corrected chi connectivity index (χ3v) is 8.69. The average Bonchev–Trinajstić information content (AvgIpc) is 3.23. The van der Waals surface area contributed by atoms with E-state index in [4.69, 9.17) is 15.7 Å². The summed E-state index contributed by atoms with van der Waals surface area (Å²) < 4.78 is 222. The highest BCUT2D eigenvalue weighted by molar-refractivity contribution is 7.98. The van der Waals surface area contributed by atoms with Gasteiger partial charge in [0.2, 0.25) is 5.91 Å². The number of carbonyl (C=O) groups excluding carboxylic acids is 1. The average molecular weight is 766 g/mol. The number of benzene rings is 4. The highest BCUT2D eigenvalue weighted by atomic mass is 32.2. The van der Waals surface area contributed by atoms with Gasteiger partial charge in [0.15, 0.2) is 17.1 Å². The quantitative estimate of drug-likeness (QED) is 0.0939. The molecule has 53 heavy (non-hydrogen) atoms. The van der Waals surface area contributed by atoms with Crippen LogP contribution in [0.4, 0.5) is 22.0 Å². The molecule has 1 unspecified atom stereocenters. The summed E-state index contributed by atoms with van der Waals surface area (Å²) >= 11 is -0.125. The van der Waals surface area contributed by atoms with E-state index in [1.807, 2.05) is 0 Å². The fraction of sp³-hybridized carbons (Fsp3) is 0.317. The van der Waals surface area contributed by atoms with Crippen LogP contribution in [0.1, 0.15) is 64.3 Å². The molecule has 0 saturated carbocycles. The van der Waals surface area contributed by atoms with Gasteiger partial charge in [0, 0.05) is 71.8 Å². The van der Waals surface area contributed by atoms with Crippen molar-refractivity contribution in [3.8, 4) is 11.1 Å². The number of rotatable bonds is 12. The van der Waals surface area contributed by atoms with E-state index in [1.165, 1.54) is 24.3 Å². The van der Waals surface area contributed by atoms with E-state index in [9.17, 15) is 33.3 Å². The molecule has 1 aromatic heterocycles. The summed E-state index contributed by atoms with van der Waals surface area (Å²) in [5.41, 5.74) is -6.78. The number of likely N-dealkylation sites (tertiary alicyclic amines) is 1. The number of hydrogen-bond donors (Lipinski definition) is 0. The Bertz CT molecular complexity index is 2820. The molecule has 1 atom stereocenters. The number of aromatic nitrogens is 1. The van der Waals surface area contributed by atoms with Gasteiger partial charge in [-0.25, -0.2) is 8.78 Å². The zero-order valence-electron chi connectivity index (χ0n) is 43.8. The molecule has 0 bridgehead atoms. The Morgan fingerprint density at radius 1 is 1.02 bits per heavy atom. The van der Waals surface area contributed by atoms with E-state index in [2.05, 4.69) is 0 Å². The normalized spacial score (nSPS) is 25.0. The molecule has 2 heterocycles. The second-order valence-corrected chi connectivity index (χ2v) is 12.1. The number of carbonyl (C=O) groups is 1. The standard InChI is InChI=1S/C41H40F5N3O3S/c1-27(28-10-12-29(13-11-28)30-14-16-32(17-15-30)41(44,45)46)49(33-18-20-47(21-19-33)22-23-52-2)38(51)25-48-36-9-4-3-7-34(36)37(50)24-39(48)53-26-31-6-5-8-35(42)40(31)43/h3-17,24,27,33H,18-23,25-26H2,1-2H3/i18D2,19D2,20D2,21D2,22D2,25D2,26D2,27D,33D. The number of amides is 1. The number of hydrogen-bond acceptors (Lipinski definition) is 5. The van der Waals surface area contributed by atoms with Gasteiger partial charge in [-0.2, -0.15) is 13.2 Å². The van der Waals surface area contributed by atoms with Gasteiger partial charge < -0.3 is 19.1 Å². The van der Waals surface area contributed by atoms with Crippen molar-refractivity contribution < 1.29 is 53.4 Å². The van der Waals surface area contributed by atoms with Crippen LogP contribution in [-0.2, 0) is 27.9 Å². The van der Waals surface area contributed by atoms with Crippen LogP contribution in [0.15, 0.2) is 107 Å². The number of methoxy groups -OCH3 is 1. The molecule has 12 heteroatoms. The van der Waals surface area contributed by atoms with Gasteiger partial charge in [0.25, 0.3) is 0 Å². The first kappa shape index (κ1) is 22.6. The van der Waals surface area contributed by atoms with E-state index in [0.717, 1.165) is 67.8 Å². The number of pyridine rings is 1. The van der Waals surface area contributed by atoms with Crippen molar-refractivity contribution in [1.82, 2.24) is 14.4 Å². The van der Waals surface area contributed by atoms with Crippen molar-refractivity contribution in [2.75, 3.05) is 33.2 Å². The molecule has 1 amide bonds. The maximum Gasteiger partial charge on any atom is 0.416 e. The molecule has 1 fully saturated rings. The molecular weight excluding hydrogens is 710 g/mol. The van der Waals surface area contributed by atoms with Crippen LogP contribution in [0, 0.1) is 11.6 Å². The summed E-state index contributed by atoms with van der Waals surface area (Å²) in [6.45, 7) is -16.4. The van der Waals surface area contributed by atoms with E-state index in [0.29, 0.717) is 23.6 Å². The van der Waals surface area contributed by atoms with Crippen LogP contribution in [0.2, 0.25) is 0 Å². The zero-order valence-corrected chi connectivity index (χ0v) is 28.6. The number of para-hydroxylation sites is 1. The Balaban J connectivity index is 1.66. The number of thioether (sulfide) groups is 1. The maximum atomic E-state index is 15.7. The molecule has 0 aliphatic carbocycles. The van der Waals surface area contributed by atoms with Crippen LogP contribution >= 0.6 is 11.8 Å². The highest BCUT2D eigenvalue weighted by Gasteiger charge is 2.33. The summed E-state index contributed by atoms with van der Waals surface area (Å²) in [6, 6.07) is 8.14. The molecule has 6 rings (SSSR count). The third-order valence-electron chi connectivity index (χ3n) is 7.86. The van der Waals surface area contributed by atoms with Crippen molar-refractivity contribution in [3.05, 3.63) is 136 Å². The Morgan fingerprint density at radius 3 is 2.34 bits per heavy atom. The molecular formula is C41H40F5N3O3S. The van der Waals surface area contributed by atoms with E-state index < -0.39 is 129 Å². The minimum atomic E-state index is -4.70. The molecule has 0 radical (unpaired) electrons. The van der Waals surface area contributed by atoms with Gasteiger partial charge in [-0.05, 0) is 66.7 Å². The largest absolute Gasteiger partial charge is 0.416 e. The van der Waals surface area contributed by atoms with Gasteiger partial charge in [-0.15, -0.1) is 11.8 Å². The van der Waals surface area contributed by atoms with Crippen molar-refractivity contribution in [3.63, 3.8) is 0 Å². The van der Waals surface area contributed by atoms with Gasteiger partial charge in [-0.1, -0.05) is 60.7 Å². The van der Waals surface area contributed by atoms with Crippen LogP contribution in [0.3, 0.4) is 0 Å². The Hall–Kier alpha value is -4.52. The van der Waals surface area contributed by atoms with Crippen LogP contribution in [-0.4, -0.2) is 59.5 Å². The Morgan fingerprint density at radius 2 is 1.68 bits per heavy atom. The Kier molecular flexibility index (Phi) is 7.11. The molecule has 1 saturated heterocycles. The summed E-state index contributed by atoms with van der Waals surface area (Å²) in [5, 5.41) is -1.24. The number of fused-ring (bicyclic) bond motifs is 1. The predicted molar refractivity (Wildman–Crippen MR) is 198 cm³/mol. The minimum absolute atomic E-state index is 0.125. The first-order valence-corrected chi connectivity index (χ1v) is 16.4. The maximum absolute atomic E-state index is 15.7. The SMILES string of the molecule is [2H]C([2H])(Sc1cc(=O)c2ccccc2n1C([2H])([2H])C(=O)N(C([2H])(C)c1ccc(-c2ccc(C(F)(F)F)cc2)cc1)C1([2H])C([2H])([2H])C([2H])([2H])N(C([2H])([2H])COC)C([2H])([2H])C1([2H])[2H])c1cccc(F)c1F. The number of halogens is 5. The first-order valence-electron chi connectivity index (χ1n) is 23.6. The lowest BCUT2D eigenvalue weighted by Gasteiger charge is -2.42. The van der Waals surface area contributed by atoms with Crippen molar-refractivity contribution >= 4 is 28.6 Å². The number of nitrogens with zero attached hydrogens (tertiary/aromatic N) is 3. The molecule has 5 aromatic rings. The van der Waals surface area contributed by atoms with E-state index in [1.54, 1.807) is 0 Å². The Labute approximate surface area is 331 Å². The fourth-order valence-corrected chi connectivity index (χ4v) is 5.95. The molecule has 278 valence electrons. The second kappa shape index (κ2) is 16.7. The molecule has 0 spiro atoms. The lowest BCUT2D eigenvalue weighted by Crippen LogP contribution is -2.49. The predicted octanol–water partition coefficient (Wildman–Crippen LogP) is 8.96. The van der Waals surface area contributed by atoms with Crippen molar-refractivity contribution in [2.24, 2.45) is 0 Å². The van der Waals surface area contributed by atoms with Gasteiger partial charge in [-0.3, -0.25) is 9.59 Å². The molecule has 1 aliphatic heterocycles. The van der Waals surface area contributed by atoms with E-state index in [-0.39, 0.29) is 28.3 Å². The van der Waals surface area contributed by atoms with Gasteiger partial charge >= 0.3 is 6.18 Å². The number of alkyl halides is 3. The second-order valence-electron chi connectivity index (χ2n) is 11.2. The minimum Gasteiger partial charge on any atom is -0.383 e. The smallest absolute Gasteiger partial charge is 0.383 e. The van der Waals surface area contributed by atoms with Crippen molar-refractivity contribution in [2.45, 2.75) is 55.1 Å². The van der Waals surface area contributed by atoms with E-state index >= 15 is 9.18 Å². The third kappa shape index (κ3) is 8.83. The topological polar surface area (TPSA) is 54.8 Å². The summed E-state index contributed by atoms with van der Waals surface area (Å²) in [4.78, 5) is 28.4.